The first-order valence-corrected chi connectivity index (χ1v) is 6.51. The third kappa shape index (κ3) is 3.54. The number of nitro benzene ring substituents is 1. The summed E-state index contributed by atoms with van der Waals surface area (Å²) in [6.07, 6.45) is 1.27. The number of benzene rings is 1. The number of methoxy groups -OCH3 is 1. The second-order valence-electron chi connectivity index (χ2n) is 4.60. The molecule has 0 aliphatic heterocycles. The molecule has 0 fully saturated rings. The van der Waals surface area contributed by atoms with Crippen molar-refractivity contribution >= 4 is 17.6 Å². The van der Waals surface area contributed by atoms with Crippen molar-refractivity contribution < 1.29 is 28.4 Å². The second kappa shape index (κ2) is 6.73. The molecule has 0 aliphatic rings. The van der Waals surface area contributed by atoms with Crippen molar-refractivity contribution in [2.24, 2.45) is 0 Å². The maximum atomic E-state index is 12.0. The van der Waals surface area contributed by atoms with E-state index < -0.39 is 16.9 Å². The lowest BCUT2D eigenvalue weighted by Crippen LogP contribution is -2.09. The van der Waals surface area contributed by atoms with Gasteiger partial charge in [0, 0.05) is 17.2 Å². The standard InChI is InChI=1S/C15H13NO7/c1-9-3-4-10(7-12(9)16(19)20)14(17)23-8-11-5-6-22-13(11)15(18)21-2/h3-7H,8H2,1-2H3. The minimum Gasteiger partial charge on any atom is -0.463 e. The molecule has 0 spiro atoms. The zero-order valence-corrected chi connectivity index (χ0v) is 12.4. The molecule has 0 radical (unpaired) electrons. The molecule has 2 rings (SSSR count). The highest BCUT2D eigenvalue weighted by Crippen LogP contribution is 2.20. The number of aryl methyl sites for hydroxylation is 1. The predicted molar refractivity (Wildman–Crippen MR) is 77.0 cm³/mol. The highest BCUT2D eigenvalue weighted by atomic mass is 16.6. The van der Waals surface area contributed by atoms with E-state index >= 15 is 0 Å². The summed E-state index contributed by atoms with van der Waals surface area (Å²) in [5, 5.41) is 10.9. The van der Waals surface area contributed by atoms with Gasteiger partial charge in [-0.25, -0.2) is 9.59 Å². The van der Waals surface area contributed by atoms with Gasteiger partial charge in [-0.1, -0.05) is 6.07 Å². The second-order valence-corrected chi connectivity index (χ2v) is 4.60. The molecule has 120 valence electrons. The number of nitro groups is 1. The Balaban J connectivity index is 2.12. The van der Waals surface area contributed by atoms with Crippen LogP contribution in [0.2, 0.25) is 0 Å². The number of carbonyl (C=O) groups excluding carboxylic acids is 2. The van der Waals surface area contributed by atoms with Gasteiger partial charge in [-0.3, -0.25) is 10.1 Å². The molecule has 1 aromatic heterocycles. The predicted octanol–water partition coefficient (Wildman–Crippen LogP) is 2.64. The number of ether oxygens (including phenoxy) is 2. The summed E-state index contributed by atoms with van der Waals surface area (Å²) in [6.45, 7) is 1.35. The van der Waals surface area contributed by atoms with E-state index in [0.717, 1.165) is 6.07 Å². The monoisotopic (exact) mass is 319 g/mol. The van der Waals surface area contributed by atoms with Crippen molar-refractivity contribution in [2.75, 3.05) is 7.11 Å². The summed E-state index contributed by atoms with van der Waals surface area (Å²) in [6, 6.07) is 5.51. The Kier molecular flexibility index (Phi) is 4.75. The first kappa shape index (κ1) is 16.2. The molecular weight excluding hydrogens is 306 g/mol. The van der Waals surface area contributed by atoms with Gasteiger partial charge in [0.1, 0.15) is 6.61 Å². The lowest BCUT2D eigenvalue weighted by molar-refractivity contribution is -0.385. The summed E-state index contributed by atoms with van der Waals surface area (Å²) in [7, 11) is 1.20. The van der Waals surface area contributed by atoms with E-state index in [1.54, 1.807) is 6.92 Å². The lowest BCUT2D eigenvalue weighted by atomic mass is 10.1. The molecule has 0 atom stereocenters. The van der Waals surface area contributed by atoms with Crippen LogP contribution in [0.1, 0.15) is 32.0 Å². The largest absolute Gasteiger partial charge is 0.463 e. The summed E-state index contributed by atoms with van der Waals surface area (Å²) in [4.78, 5) is 33.7. The normalized spacial score (nSPS) is 10.2. The van der Waals surface area contributed by atoms with Crippen LogP contribution >= 0.6 is 0 Å². The van der Waals surface area contributed by atoms with Gasteiger partial charge in [0.15, 0.2) is 0 Å². The number of rotatable bonds is 5. The third-order valence-electron chi connectivity index (χ3n) is 3.12. The van der Waals surface area contributed by atoms with Crippen LogP contribution in [0.5, 0.6) is 0 Å². The smallest absolute Gasteiger partial charge is 0.374 e. The molecule has 1 aromatic carbocycles. The van der Waals surface area contributed by atoms with Crippen molar-refractivity contribution in [3.63, 3.8) is 0 Å². The van der Waals surface area contributed by atoms with E-state index in [9.17, 15) is 19.7 Å². The molecule has 2 aromatic rings. The lowest BCUT2D eigenvalue weighted by Gasteiger charge is -2.05. The van der Waals surface area contributed by atoms with Crippen LogP contribution in [0.4, 0.5) is 5.69 Å². The zero-order chi connectivity index (χ0) is 17.0. The van der Waals surface area contributed by atoms with Crippen LogP contribution < -0.4 is 0 Å². The number of hydrogen-bond acceptors (Lipinski definition) is 7. The first-order valence-electron chi connectivity index (χ1n) is 6.51. The van der Waals surface area contributed by atoms with Crippen LogP contribution in [0.25, 0.3) is 0 Å². The molecule has 23 heavy (non-hydrogen) atoms. The Labute approximate surface area is 130 Å². The Bertz CT molecular complexity index is 763. The van der Waals surface area contributed by atoms with Crippen LogP contribution in [0, 0.1) is 17.0 Å². The average Bonchev–Trinajstić information content (AvgIpc) is 3.00. The van der Waals surface area contributed by atoms with Gasteiger partial charge < -0.3 is 13.9 Å². The van der Waals surface area contributed by atoms with Gasteiger partial charge in [-0.2, -0.15) is 0 Å². The molecule has 0 aliphatic carbocycles. The summed E-state index contributed by atoms with van der Waals surface area (Å²) in [5.74, 6) is -1.49. The number of nitrogens with zero attached hydrogens (tertiary/aromatic N) is 1. The maximum absolute atomic E-state index is 12.0. The average molecular weight is 319 g/mol. The van der Waals surface area contributed by atoms with E-state index in [1.165, 1.54) is 31.6 Å². The fraction of sp³-hybridized carbons (Fsp3) is 0.200. The SMILES string of the molecule is COC(=O)c1occc1COC(=O)c1ccc(C)c([N+](=O)[O-])c1. The van der Waals surface area contributed by atoms with Crippen molar-refractivity contribution in [3.05, 3.63) is 63.1 Å². The Hall–Kier alpha value is -3.16. The number of furan rings is 1. The summed E-state index contributed by atoms with van der Waals surface area (Å²) < 4.78 is 14.6. The highest BCUT2D eigenvalue weighted by molar-refractivity contribution is 5.91. The minimum atomic E-state index is -0.745. The van der Waals surface area contributed by atoms with Gasteiger partial charge >= 0.3 is 11.9 Å². The van der Waals surface area contributed by atoms with Crippen LogP contribution in [-0.4, -0.2) is 24.0 Å². The molecule has 8 heteroatoms. The van der Waals surface area contributed by atoms with Crippen molar-refractivity contribution in [1.82, 2.24) is 0 Å². The minimum absolute atomic E-state index is 0.0467. The third-order valence-corrected chi connectivity index (χ3v) is 3.12. The van der Waals surface area contributed by atoms with Crippen LogP contribution in [0.3, 0.4) is 0 Å². The fourth-order valence-corrected chi connectivity index (χ4v) is 1.88. The van der Waals surface area contributed by atoms with Crippen LogP contribution in [-0.2, 0) is 16.1 Å². The van der Waals surface area contributed by atoms with Crippen LogP contribution in [0.15, 0.2) is 34.9 Å². The molecule has 0 bridgehead atoms. The van der Waals surface area contributed by atoms with Gasteiger partial charge in [-0.15, -0.1) is 0 Å². The topological polar surface area (TPSA) is 109 Å². The number of carbonyl (C=O) groups is 2. The highest BCUT2D eigenvalue weighted by Gasteiger charge is 2.19. The Morgan fingerprint density at radius 2 is 2.00 bits per heavy atom. The zero-order valence-electron chi connectivity index (χ0n) is 12.4. The van der Waals surface area contributed by atoms with Gasteiger partial charge in [0.2, 0.25) is 5.76 Å². The Morgan fingerprint density at radius 1 is 1.26 bits per heavy atom. The molecule has 8 nitrogen and oxygen atoms in total. The molecule has 1 heterocycles. The van der Waals surface area contributed by atoms with E-state index in [2.05, 4.69) is 4.74 Å². The van der Waals surface area contributed by atoms with E-state index in [4.69, 9.17) is 9.15 Å². The number of hydrogen-bond donors (Lipinski definition) is 0. The van der Waals surface area contributed by atoms with Crippen molar-refractivity contribution in [2.45, 2.75) is 13.5 Å². The fourth-order valence-electron chi connectivity index (χ4n) is 1.88. The number of esters is 2. The molecular formula is C15H13NO7. The maximum Gasteiger partial charge on any atom is 0.374 e. The van der Waals surface area contributed by atoms with E-state index in [0.29, 0.717) is 11.1 Å². The molecule has 0 unspecified atom stereocenters. The first-order chi connectivity index (χ1) is 10.9. The Morgan fingerprint density at radius 3 is 2.65 bits per heavy atom. The van der Waals surface area contributed by atoms with Gasteiger partial charge in [0.25, 0.3) is 5.69 Å². The van der Waals surface area contributed by atoms with Gasteiger partial charge in [-0.05, 0) is 19.1 Å². The van der Waals surface area contributed by atoms with E-state index in [-0.39, 0.29) is 23.6 Å². The van der Waals surface area contributed by atoms with Crippen molar-refractivity contribution in [3.8, 4) is 0 Å². The van der Waals surface area contributed by atoms with E-state index in [1.807, 2.05) is 0 Å². The quantitative estimate of drug-likeness (QED) is 0.473. The molecule has 0 amide bonds. The molecule has 0 saturated heterocycles. The summed E-state index contributed by atoms with van der Waals surface area (Å²) >= 11 is 0. The summed E-state index contributed by atoms with van der Waals surface area (Å²) in [5.41, 5.74) is 0.657. The molecule has 0 N–H and O–H groups in total. The molecule has 0 saturated carbocycles. The van der Waals surface area contributed by atoms with Crippen molar-refractivity contribution in [1.29, 1.82) is 0 Å². The van der Waals surface area contributed by atoms with Gasteiger partial charge in [0.05, 0.1) is 23.9 Å².